The van der Waals surface area contributed by atoms with E-state index >= 15 is 0 Å². The van der Waals surface area contributed by atoms with Gasteiger partial charge in [0.25, 0.3) is 5.56 Å². The first kappa shape index (κ1) is 13.2. The predicted octanol–water partition coefficient (Wildman–Crippen LogP) is 1.24. The lowest BCUT2D eigenvalue weighted by Crippen LogP contribution is -2.23. The molecule has 1 atom stereocenters. The third kappa shape index (κ3) is 3.31. The third-order valence-electron chi connectivity index (χ3n) is 2.17. The number of aromatic nitrogens is 2. The second kappa shape index (κ2) is 6.00. The third-order valence-corrected chi connectivity index (χ3v) is 2.94. The molecule has 90 valence electrons. The molecule has 0 amide bonds. The highest BCUT2D eigenvalue weighted by Crippen LogP contribution is 2.16. The fourth-order valence-corrected chi connectivity index (χ4v) is 1.76. The van der Waals surface area contributed by atoms with Crippen molar-refractivity contribution in [1.82, 2.24) is 9.78 Å². The van der Waals surface area contributed by atoms with Gasteiger partial charge >= 0.3 is 0 Å². The maximum absolute atomic E-state index is 11.5. The normalized spacial score (nSPS) is 12.5. The van der Waals surface area contributed by atoms with Gasteiger partial charge in [0.05, 0.1) is 18.5 Å². The summed E-state index contributed by atoms with van der Waals surface area (Å²) in [5.74, 6) is 0.376. The van der Waals surface area contributed by atoms with Crippen LogP contribution < -0.4 is 10.9 Å². The van der Waals surface area contributed by atoms with Gasteiger partial charge in [-0.1, -0.05) is 6.92 Å². The number of aryl methyl sites for hydroxylation is 1. The average molecular weight is 290 g/mol. The summed E-state index contributed by atoms with van der Waals surface area (Å²) in [5.41, 5.74) is 0.565. The number of ether oxygens (including phenoxy) is 1. The van der Waals surface area contributed by atoms with Crippen LogP contribution >= 0.6 is 15.9 Å². The molecule has 1 aromatic heterocycles. The van der Waals surface area contributed by atoms with Gasteiger partial charge in [0.1, 0.15) is 4.47 Å². The molecule has 0 aliphatic heterocycles. The Kier molecular flexibility index (Phi) is 4.95. The first-order chi connectivity index (χ1) is 7.56. The Labute approximate surface area is 103 Å². The monoisotopic (exact) mass is 289 g/mol. The Morgan fingerprint density at radius 3 is 3.00 bits per heavy atom. The van der Waals surface area contributed by atoms with E-state index in [1.807, 2.05) is 0 Å². The van der Waals surface area contributed by atoms with E-state index in [0.717, 1.165) is 6.54 Å². The van der Waals surface area contributed by atoms with Crippen LogP contribution in [-0.2, 0) is 11.8 Å². The summed E-state index contributed by atoms with van der Waals surface area (Å²) in [7, 11) is 3.29. The smallest absolute Gasteiger partial charge is 0.282 e. The Hall–Kier alpha value is -0.880. The Morgan fingerprint density at radius 2 is 2.38 bits per heavy atom. The van der Waals surface area contributed by atoms with E-state index in [-0.39, 0.29) is 5.56 Å². The van der Waals surface area contributed by atoms with Crippen LogP contribution in [0.15, 0.2) is 15.5 Å². The number of anilines is 1. The number of rotatable bonds is 5. The second-order valence-corrected chi connectivity index (χ2v) is 4.54. The van der Waals surface area contributed by atoms with Crippen molar-refractivity contribution in [1.29, 1.82) is 0 Å². The van der Waals surface area contributed by atoms with Gasteiger partial charge in [-0.25, -0.2) is 4.68 Å². The van der Waals surface area contributed by atoms with Gasteiger partial charge in [-0.2, -0.15) is 5.10 Å². The maximum Gasteiger partial charge on any atom is 0.282 e. The molecular weight excluding hydrogens is 274 g/mol. The summed E-state index contributed by atoms with van der Waals surface area (Å²) >= 11 is 3.25. The lowest BCUT2D eigenvalue weighted by Gasteiger charge is -2.13. The van der Waals surface area contributed by atoms with Crippen molar-refractivity contribution in [2.75, 3.05) is 25.6 Å². The highest BCUT2D eigenvalue weighted by atomic mass is 79.9. The van der Waals surface area contributed by atoms with E-state index in [1.165, 1.54) is 4.68 Å². The van der Waals surface area contributed by atoms with Gasteiger partial charge in [0, 0.05) is 20.7 Å². The van der Waals surface area contributed by atoms with E-state index in [1.54, 1.807) is 20.4 Å². The number of methoxy groups -OCH3 is 1. The molecule has 1 N–H and O–H groups in total. The van der Waals surface area contributed by atoms with E-state index < -0.39 is 0 Å². The lowest BCUT2D eigenvalue weighted by molar-refractivity contribution is 0.164. The molecule has 0 radical (unpaired) electrons. The summed E-state index contributed by atoms with van der Waals surface area (Å²) < 4.78 is 6.83. The fourth-order valence-electron chi connectivity index (χ4n) is 1.26. The summed E-state index contributed by atoms with van der Waals surface area (Å²) in [4.78, 5) is 11.5. The first-order valence-electron chi connectivity index (χ1n) is 5.01. The van der Waals surface area contributed by atoms with Crippen molar-refractivity contribution < 1.29 is 4.74 Å². The zero-order chi connectivity index (χ0) is 12.1. The summed E-state index contributed by atoms with van der Waals surface area (Å²) in [6, 6.07) is 0. The molecule has 0 fully saturated rings. The van der Waals surface area contributed by atoms with E-state index in [2.05, 4.69) is 33.3 Å². The van der Waals surface area contributed by atoms with Gasteiger partial charge in [0.15, 0.2) is 0 Å². The minimum Gasteiger partial charge on any atom is -0.384 e. The van der Waals surface area contributed by atoms with Gasteiger partial charge in [-0.3, -0.25) is 4.79 Å². The molecular formula is C10H16BrN3O2. The molecule has 1 heterocycles. The summed E-state index contributed by atoms with van der Waals surface area (Å²) in [6.07, 6.45) is 1.63. The zero-order valence-electron chi connectivity index (χ0n) is 9.66. The molecule has 0 bridgehead atoms. The SMILES string of the molecule is COCC(C)CNc1cnn(C)c(=O)c1Br. The summed E-state index contributed by atoms with van der Waals surface area (Å²) in [5, 5.41) is 7.11. The lowest BCUT2D eigenvalue weighted by atomic mass is 10.2. The quantitative estimate of drug-likeness (QED) is 0.886. The van der Waals surface area contributed by atoms with Gasteiger partial charge in [0.2, 0.25) is 0 Å². The van der Waals surface area contributed by atoms with Crippen LogP contribution in [-0.4, -0.2) is 30.0 Å². The maximum atomic E-state index is 11.5. The average Bonchev–Trinajstić information content (AvgIpc) is 2.25. The van der Waals surface area contributed by atoms with Crippen molar-refractivity contribution in [3.63, 3.8) is 0 Å². The number of nitrogens with one attached hydrogen (secondary N) is 1. The molecule has 1 aromatic rings. The molecule has 5 nitrogen and oxygen atoms in total. The van der Waals surface area contributed by atoms with Crippen LogP contribution in [0.3, 0.4) is 0 Å². The standard InChI is InChI=1S/C10H16BrN3O2/c1-7(6-16-3)4-12-8-5-13-14(2)10(15)9(8)11/h5,7,12H,4,6H2,1-3H3. The molecule has 16 heavy (non-hydrogen) atoms. The minimum atomic E-state index is -0.149. The highest BCUT2D eigenvalue weighted by Gasteiger charge is 2.07. The Bertz CT molecular complexity index is 406. The van der Waals surface area contributed by atoms with E-state index in [0.29, 0.717) is 22.7 Å². The van der Waals surface area contributed by atoms with Crippen LogP contribution in [0.4, 0.5) is 5.69 Å². The van der Waals surface area contributed by atoms with Crippen LogP contribution in [0.5, 0.6) is 0 Å². The van der Waals surface area contributed by atoms with Gasteiger partial charge < -0.3 is 10.1 Å². The number of hydrogen-bond donors (Lipinski definition) is 1. The van der Waals surface area contributed by atoms with E-state index in [4.69, 9.17) is 4.74 Å². The van der Waals surface area contributed by atoms with Gasteiger partial charge in [-0.15, -0.1) is 0 Å². The number of nitrogens with zero attached hydrogens (tertiary/aromatic N) is 2. The van der Waals surface area contributed by atoms with Crippen molar-refractivity contribution in [3.8, 4) is 0 Å². The Morgan fingerprint density at radius 1 is 1.69 bits per heavy atom. The summed E-state index contributed by atoms with van der Waals surface area (Å²) in [6.45, 7) is 3.49. The van der Waals surface area contributed by atoms with Crippen molar-refractivity contribution in [3.05, 3.63) is 21.0 Å². The highest BCUT2D eigenvalue weighted by molar-refractivity contribution is 9.10. The van der Waals surface area contributed by atoms with Gasteiger partial charge in [-0.05, 0) is 21.8 Å². The molecule has 0 saturated heterocycles. The Balaban J connectivity index is 2.68. The van der Waals surface area contributed by atoms with Crippen LogP contribution in [0.25, 0.3) is 0 Å². The van der Waals surface area contributed by atoms with Crippen LogP contribution in [0, 0.1) is 5.92 Å². The molecule has 0 aromatic carbocycles. The second-order valence-electron chi connectivity index (χ2n) is 3.74. The predicted molar refractivity (Wildman–Crippen MR) is 66.7 cm³/mol. The van der Waals surface area contributed by atoms with Crippen molar-refractivity contribution >= 4 is 21.6 Å². The molecule has 0 aliphatic rings. The zero-order valence-corrected chi connectivity index (χ0v) is 11.2. The van der Waals surface area contributed by atoms with Crippen molar-refractivity contribution in [2.24, 2.45) is 13.0 Å². The molecule has 0 saturated carbocycles. The molecule has 0 spiro atoms. The van der Waals surface area contributed by atoms with E-state index in [9.17, 15) is 4.79 Å². The molecule has 1 rings (SSSR count). The number of hydrogen-bond acceptors (Lipinski definition) is 4. The number of halogens is 1. The topological polar surface area (TPSA) is 56.1 Å². The minimum absolute atomic E-state index is 0.149. The first-order valence-corrected chi connectivity index (χ1v) is 5.80. The molecule has 6 heteroatoms. The van der Waals surface area contributed by atoms with Crippen LogP contribution in [0.1, 0.15) is 6.92 Å². The fraction of sp³-hybridized carbons (Fsp3) is 0.600. The molecule has 0 aliphatic carbocycles. The van der Waals surface area contributed by atoms with Crippen molar-refractivity contribution in [2.45, 2.75) is 6.92 Å². The largest absolute Gasteiger partial charge is 0.384 e. The molecule has 1 unspecified atom stereocenters. The van der Waals surface area contributed by atoms with Crippen LogP contribution in [0.2, 0.25) is 0 Å².